The molecule has 1 N–H and O–H groups in total. The molecular formula is C10H12BrNO2S. The summed E-state index contributed by atoms with van der Waals surface area (Å²) in [6.07, 6.45) is 1.16. The van der Waals surface area contributed by atoms with E-state index >= 15 is 0 Å². The number of rotatable bonds is 4. The molecule has 0 spiro atoms. The predicted molar refractivity (Wildman–Crippen MR) is 63.6 cm³/mol. The van der Waals surface area contributed by atoms with Gasteiger partial charge in [-0.25, -0.2) is 4.21 Å². The van der Waals surface area contributed by atoms with Crippen LogP contribution in [0.2, 0.25) is 0 Å². The maximum Gasteiger partial charge on any atom is 0.231 e. The highest BCUT2D eigenvalue weighted by Gasteiger charge is 2.07. The number of benzene rings is 1. The molecule has 0 saturated carbocycles. The second-order valence-corrected chi connectivity index (χ2v) is 5.13. The fourth-order valence-corrected chi connectivity index (χ4v) is 2.07. The van der Waals surface area contributed by atoms with Gasteiger partial charge in [-0.05, 0) is 30.7 Å². The van der Waals surface area contributed by atoms with Crippen LogP contribution in [0.15, 0.2) is 33.6 Å². The highest BCUT2D eigenvalue weighted by Crippen LogP contribution is 2.12. The van der Waals surface area contributed by atoms with E-state index in [0.29, 0.717) is 11.3 Å². The molecule has 15 heavy (non-hydrogen) atoms. The first-order valence-electron chi connectivity index (χ1n) is 4.60. The molecule has 82 valence electrons. The van der Waals surface area contributed by atoms with Gasteiger partial charge >= 0.3 is 0 Å². The number of halogens is 1. The Kier molecular flexibility index (Phi) is 4.98. The molecule has 1 aromatic carbocycles. The lowest BCUT2D eigenvalue weighted by atomic mass is 10.3. The minimum Gasteiger partial charge on any atom is -0.274 e. The van der Waals surface area contributed by atoms with Gasteiger partial charge in [-0.15, -0.1) is 0 Å². The van der Waals surface area contributed by atoms with Crippen molar-refractivity contribution >= 4 is 32.8 Å². The van der Waals surface area contributed by atoms with Gasteiger partial charge in [0.05, 0.1) is 4.90 Å². The zero-order chi connectivity index (χ0) is 11.3. The fraction of sp³-hybridized carbons (Fsp3) is 0.300. The summed E-state index contributed by atoms with van der Waals surface area (Å²) in [6, 6.07) is 7.01. The number of carbonyl (C=O) groups excluding carboxylic acids is 1. The molecule has 1 aromatic rings. The summed E-state index contributed by atoms with van der Waals surface area (Å²) in [5.41, 5.74) is 0. The predicted octanol–water partition coefficient (Wildman–Crippen LogP) is 2.39. The minimum atomic E-state index is -1.44. The molecule has 1 atom stereocenters. The molecule has 0 aromatic heterocycles. The standard InChI is InChI=1S/C10H12BrNO2S/c1-2-3-10(13)12-15(14)9-6-4-8(11)5-7-9/h4-7H,2-3H2,1H3,(H,12,13)/t15-/m0/s1. The molecule has 0 saturated heterocycles. The van der Waals surface area contributed by atoms with E-state index in [2.05, 4.69) is 20.7 Å². The fourth-order valence-electron chi connectivity index (χ4n) is 0.999. The number of hydrogen-bond donors (Lipinski definition) is 1. The highest BCUT2D eigenvalue weighted by atomic mass is 79.9. The van der Waals surface area contributed by atoms with Crippen molar-refractivity contribution in [3.05, 3.63) is 28.7 Å². The molecule has 1 amide bonds. The summed E-state index contributed by atoms with van der Waals surface area (Å²) in [6.45, 7) is 1.90. The first-order valence-corrected chi connectivity index (χ1v) is 6.54. The second kappa shape index (κ2) is 6.02. The SMILES string of the molecule is CCCC(=O)N[S@@](=O)c1ccc(Br)cc1. The van der Waals surface area contributed by atoms with Gasteiger partial charge in [0.2, 0.25) is 5.91 Å². The van der Waals surface area contributed by atoms with Crippen molar-refractivity contribution in [1.82, 2.24) is 4.72 Å². The zero-order valence-corrected chi connectivity index (χ0v) is 10.7. The summed E-state index contributed by atoms with van der Waals surface area (Å²) in [5, 5.41) is 0. The number of carbonyl (C=O) groups is 1. The van der Waals surface area contributed by atoms with Crippen LogP contribution in [0.3, 0.4) is 0 Å². The summed E-state index contributed by atoms with van der Waals surface area (Å²) < 4.78 is 15.0. The van der Waals surface area contributed by atoms with Crippen LogP contribution in [0.25, 0.3) is 0 Å². The van der Waals surface area contributed by atoms with Crippen LogP contribution < -0.4 is 4.72 Å². The van der Waals surface area contributed by atoms with Crippen LogP contribution >= 0.6 is 15.9 Å². The van der Waals surface area contributed by atoms with Crippen molar-refractivity contribution in [2.75, 3.05) is 0 Å². The van der Waals surface area contributed by atoms with Crippen LogP contribution in [-0.2, 0) is 15.8 Å². The Morgan fingerprint density at radius 2 is 2.00 bits per heavy atom. The maximum absolute atomic E-state index is 11.6. The van der Waals surface area contributed by atoms with Gasteiger partial charge in [-0.2, -0.15) is 0 Å². The van der Waals surface area contributed by atoms with Crippen molar-refractivity contribution in [3.8, 4) is 0 Å². The van der Waals surface area contributed by atoms with Crippen molar-refractivity contribution in [1.29, 1.82) is 0 Å². The summed E-state index contributed by atoms with van der Waals surface area (Å²) >= 11 is 3.28. The van der Waals surface area contributed by atoms with E-state index in [9.17, 15) is 9.00 Å². The number of amides is 1. The van der Waals surface area contributed by atoms with Gasteiger partial charge in [-0.3, -0.25) is 9.52 Å². The quantitative estimate of drug-likeness (QED) is 0.925. The van der Waals surface area contributed by atoms with Crippen molar-refractivity contribution in [2.45, 2.75) is 24.7 Å². The maximum atomic E-state index is 11.6. The van der Waals surface area contributed by atoms with E-state index in [4.69, 9.17) is 0 Å². The Labute approximate surface area is 100.0 Å². The third-order valence-electron chi connectivity index (χ3n) is 1.71. The van der Waals surface area contributed by atoms with Gasteiger partial charge in [0.25, 0.3) is 0 Å². The van der Waals surface area contributed by atoms with Gasteiger partial charge < -0.3 is 0 Å². The van der Waals surface area contributed by atoms with Crippen LogP contribution in [0.4, 0.5) is 0 Å². The van der Waals surface area contributed by atoms with E-state index in [1.807, 2.05) is 6.92 Å². The first-order chi connectivity index (χ1) is 7.13. The van der Waals surface area contributed by atoms with Gasteiger partial charge in [0.1, 0.15) is 0 Å². The van der Waals surface area contributed by atoms with E-state index in [1.165, 1.54) is 0 Å². The topological polar surface area (TPSA) is 46.2 Å². The van der Waals surface area contributed by atoms with E-state index in [-0.39, 0.29) is 5.91 Å². The molecule has 0 bridgehead atoms. The van der Waals surface area contributed by atoms with Crippen LogP contribution in [0.1, 0.15) is 19.8 Å². The van der Waals surface area contributed by atoms with Crippen LogP contribution in [-0.4, -0.2) is 10.1 Å². The molecular weight excluding hydrogens is 278 g/mol. The number of nitrogens with one attached hydrogen (secondary N) is 1. The normalized spacial score (nSPS) is 12.1. The average Bonchev–Trinajstić information content (AvgIpc) is 2.18. The summed E-state index contributed by atoms with van der Waals surface area (Å²) in [5.74, 6) is -0.182. The van der Waals surface area contributed by atoms with Crippen molar-refractivity contribution in [2.24, 2.45) is 0 Å². The van der Waals surface area contributed by atoms with E-state index in [0.717, 1.165) is 10.9 Å². The Bertz CT molecular complexity index is 364. The third-order valence-corrected chi connectivity index (χ3v) is 3.35. The van der Waals surface area contributed by atoms with Gasteiger partial charge in [-0.1, -0.05) is 22.9 Å². The third kappa shape index (κ3) is 4.13. The van der Waals surface area contributed by atoms with E-state index < -0.39 is 11.0 Å². The van der Waals surface area contributed by atoms with Crippen molar-refractivity contribution < 1.29 is 9.00 Å². The lowest BCUT2D eigenvalue weighted by Crippen LogP contribution is -2.25. The Balaban J connectivity index is 2.61. The Morgan fingerprint density at radius 3 is 2.53 bits per heavy atom. The summed E-state index contributed by atoms with van der Waals surface area (Å²) in [4.78, 5) is 11.8. The molecule has 1 rings (SSSR count). The average molecular weight is 290 g/mol. The number of hydrogen-bond acceptors (Lipinski definition) is 2. The Hall–Kier alpha value is -0.680. The minimum absolute atomic E-state index is 0.182. The highest BCUT2D eigenvalue weighted by molar-refractivity contribution is 9.10. The molecule has 0 radical (unpaired) electrons. The molecule has 0 aliphatic heterocycles. The van der Waals surface area contributed by atoms with E-state index in [1.54, 1.807) is 24.3 Å². The lowest BCUT2D eigenvalue weighted by Gasteiger charge is -2.03. The summed E-state index contributed by atoms with van der Waals surface area (Å²) in [7, 11) is -1.44. The van der Waals surface area contributed by atoms with Crippen molar-refractivity contribution in [3.63, 3.8) is 0 Å². The molecule has 0 heterocycles. The molecule has 0 fully saturated rings. The van der Waals surface area contributed by atoms with Crippen LogP contribution in [0.5, 0.6) is 0 Å². The lowest BCUT2D eigenvalue weighted by molar-refractivity contribution is -0.119. The van der Waals surface area contributed by atoms with Gasteiger partial charge in [0, 0.05) is 10.9 Å². The molecule has 5 heteroatoms. The first kappa shape index (κ1) is 12.4. The monoisotopic (exact) mass is 289 g/mol. The largest absolute Gasteiger partial charge is 0.274 e. The molecule has 0 unspecified atom stereocenters. The molecule has 3 nitrogen and oxygen atoms in total. The van der Waals surface area contributed by atoms with Crippen LogP contribution in [0, 0.1) is 0 Å². The Morgan fingerprint density at radius 1 is 1.40 bits per heavy atom. The van der Waals surface area contributed by atoms with Gasteiger partial charge in [0.15, 0.2) is 11.0 Å². The zero-order valence-electron chi connectivity index (χ0n) is 8.33. The smallest absolute Gasteiger partial charge is 0.231 e. The molecule has 0 aliphatic rings. The second-order valence-electron chi connectivity index (χ2n) is 3.00. The molecule has 0 aliphatic carbocycles.